The predicted molar refractivity (Wildman–Crippen MR) is 73.4 cm³/mol. The normalized spacial score (nSPS) is 10.5. The van der Waals surface area contributed by atoms with Crippen molar-refractivity contribution in [3.8, 4) is 5.88 Å². The number of carboxylic acids is 1. The average Bonchev–Trinajstić information content (AvgIpc) is 2.46. The maximum Gasteiger partial charge on any atom is 0.335 e. The van der Waals surface area contributed by atoms with Crippen LogP contribution >= 0.6 is 0 Å². The zero-order valence-electron chi connectivity index (χ0n) is 11.9. The summed E-state index contributed by atoms with van der Waals surface area (Å²) in [7, 11) is 1.65. The SMILES string of the molecule is CCc1cc(C(=O)O)cc(OCCOCCCOC)n1. The molecule has 0 amide bonds. The number of aromatic nitrogens is 1. The van der Waals surface area contributed by atoms with Crippen LogP contribution in [0.2, 0.25) is 0 Å². The Morgan fingerprint density at radius 2 is 2.05 bits per heavy atom. The fourth-order valence-electron chi connectivity index (χ4n) is 1.55. The summed E-state index contributed by atoms with van der Waals surface area (Å²) in [6, 6.07) is 2.98. The van der Waals surface area contributed by atoms with Crippen LogP contribution in [0.4, 0.5) is 0 Å². The zero-order chi connectivity index (χ0) is 14.8. The first-order valence-corrected chi connectivity index (χ1v) is 6.61. The lowest BCUT2D eigenvalue weighted by Crippen LogP contribution is -2.10. The Morgan fingerprint density at radius 1 is 1.25 bits per heavy atom. The molecule has 0 aliphatic heterocycles. The Kier molecular flexibility index (Phi) is 7.60. The Morgan fingerprint density at radius 3 is 2.70 bits per heavy atom. The molecule has 0 spiro atoms. The lowest BCUT2D eigenvalue weighted by Gasteiger charge is -2.08. The van der Waals surface area contributed by atoms with Crippen LogP contribution in [-0.2, 0) is 15.9 Å². The van der Waals surface area contributed by atoms with Gasteiger partial charge in [-0.2, -0.15) is 0 Å². The smallest absolute Gasteiger partial charge is 0.335 e. The molecule has 20 heavy (non-hydrogen) atoms. The number of carbonyl (C=O) groups is 1. The van der Waals surface area contributed by atoms with E-state index in [4.69, 9.17) is 19.3 Å². The third-order valence-corrected chi connectivity index (χ3v) is 2.58. The van der Waals surface area contributed by atoms with E-state index in [1.54, 1.807) is 13.2 Å². The maximum absolute atomic E-state index is 11.0. The molecule has 0 bridgehead atoms. The number of nitrogens with zero attached hydrogens (tertiary/aromatic N) is 1. The van der Waals surface area contributed by atoms with Gasteiger partial charge in [0.2, 0.25) is 5.88 Å². The summed E-state index contributed by atoms with van der Waals surface area (Å²) in [5, 5.41) is 9.00. The summed E-state index contributed by atoms with van der Waals surface area (Å²) in [5.41, 5.74) is 0.883. The van der Waals surface area contributed by atoms with E-state index >= 15 is 0 Å². The maximum atomic E-state index is 11.0. The van der Waals surface area contributed by atoms with Crippen molar-refractivity contribution >= 4 is 5.97 Å². The van der Waals surface area contributed by atoms with Gasteiger partial charge in [-0.05, 0) is 18.9 Å². The molecule has 1 aromatic rings. The molecule has 1 N–H and O–H groups in total. The number of pyridine rings is 1. The van der Waals surface area contributed by atoms with E-state index in [1.807, 2.05) is 6.92 Å². The largest absolute Gasteiger partial charge is 0.478 e. The molecule has 1 heterocycles. The third-order valence-electron chi connectivity index (χ3n) is 2.58. The van der Waals surface area contributed by atoms with Crippen molar-refractivity contribution in [1.29, 1.82) is 0 Å². The summed E-state index contributed by atoms with van der Waals surface area (Å²) < 4.78 is 15.7. The van der Waals surface area contributed by atoms with Crippen molar-refractivity contribution in [1.82, 2.24) is 4.98 Å². The van der Waals surface area contributed by atoms with E-state index in [9.17, 15) is 4.79 Å². The van der Waals surface area contributed by atoms with Crippen LogP contribution in [0.25, 0.3) is 0 Å². The topological polar surface area (TPSA) is 77.9 Å². The number of hydrogen-bond donors (Lipinski definition) is 1. The molecule has 0 radical (unpaired) electrons. The molecule has 0 aliphatic carbocycles. The molecular formula is C14H21NO5. The molecule has 0 fully saturated rings. The molecule has 0 unspecified atom stereocenters. The van der Waals surface area contributed by atoms with Crippen molar-refractivity contribution in [2.24, 2.45) is 0 Å². The van der Waals surface area contributed by atoms with Gasteiger partial charge in [0, 0.05) is 32.1 Å². The molecule has 0 saturated heterocycles. The lowest BCUT2D eigenvalue weighted by atomic mass is 10.2. The highest BCUT2D eigenvalue weighted by Crippen LogP contribution is 2.13. The van der Waals surface area contributed by atoms with Crippen molar-refractivity contribution in [3.05, 3.63) is 23.4 Å². The number of hydrogen-bond acceptors (Lipinski definition) is 5. The standard InChI is InChI=1S/C14H21NO5/c1-3-12-9-11(14(16)17)10-13(15-12)20-8-7-19-6-4-5-18-2/h9-10H,3-8H2,1-2H3,(H,16,17). The molecule has 6 heteroatoms. The fraction of sp³-hybridized carbons (Fsp3) is 0.571. The van der Waals surface area contributed by atoms with Crippen molar-refractivity contribution in [2.45, 2.75) is 19.8 Å². The summed E-state index contributed by atoms with van der Waals surface area (Å²) in [6.45, 7) is 3.97. The molecule has 1 rings (SSSR count). The van der Waals surface area contributed by atoms with Crippen molar-refractivity contribution in [2.75, 3.05) is 33.5 Å². The predicted octanol–water partition coefficient (Wildman–Crippen LogP) is 1.77. The minimum atomic E-state index is -0.984. The third kappa shape index (κ3) is 5.99. The van der Waals surface area contributed by atoms with Crippen LogP contribution in [0, 0.1) is 0 Å². The number of rotatable bonds is 10. The van der Waals surface area contributed by atoms with Gasteiger partial charge < -0.3 is 19.3 Å². The summed E-state index contributed by atoms with van der Waals surface area (Å²) in [6.07, 6.45) is 1.49. The van der Waals surface area contributed by atoms with Gasteiger partial charge in [-0.25, -0.2) is 9.78 Å². The molecule has 0 atom stereocenters. The van der Waals surface area contributed by atoms with Gasteiger partial charge in [0.25, 0.3) is 0 Å². The van der Waals surface area contributed by atoms with Gasteiger partial charge in [-0.15, -0.1) is 0 Å². The zero-order valence-corrected chi connectivity index (χ0v) is 11.9. The van der Waals surface area contributed by atoms with Gasteiger partial charge in [-0.1, -0.05) is 6.92 Å². The van der Waals surface area contributed by atoms with Crippen molar-refractivity contribution < 1.29 is 24.1 Å². The second kappa shape index (κ2) is 9.28. The second-order valence-corrected chi connectivity index (χ2v) is 4.15. The summed E-state index contributed by atoms with van der Waals surface area (Å²) in [5.74, 6) is -0.662. The first-order chi connectivity index (χ1) is 9.67. The number of carboxylic acid groups (broad SMARTS) is 1. The first kappa shape index (κ1) is 16.4. The Bertz CT molecular complexity index is 422. The molecule has 0 saturated carbocycles. The van der Waals surface area contributed by atoms with Crippen LogP contribution in [0.15, 0.2) is 12.1 Å². The van der Waals surface area contributed by atoms with Crippen LogP contribution < -0.4 is 4.74 Å². The highest BCUT2D eigenvalue weighted by atomic mass is 16.5. The van der Waals surface area contributed by atoms with Crippen LogP contribution in [0.1, 0.15) is 29.4 Å². The number of methoxy groups -OCH3 is 1. The average molecular weight is 283 g/mol. The first-order valence-electron chi connectivity index (χ1n) is 6.61. The van der Waals surface area contributed by atoms with E-state index < -0.39 is 5.97 Å². The quantitative estimate of drug-likeness (QED) is 0.659. The van der Waals surface area contributed by atoms with Gasteiger partial charge in [0.05, 0.1) is 12.2 Å². The molecule has 0 aliphatic rings. The van der Waals surface area contributed by atoms with E-state index in [-0.39, 0.29) is 5.56 Å². The van der Waals surface area contributed by atoms with E-state index in [0.29, 0.717) is 44.4 Å². The molecule has 6 nitrogen and oxygen atoms in total. The Balaban J connectivity index is 2.39. The van der Waals surface area contributed by atoms with Gasteiger partial charge >= 0.3 is 5.97 Å². The monoisotopic (exact) mass is 283 g/mol. The van der Waals surface area contributed by atoms with E-state index in [0.717, 1.165) is 6.42 Å². The molecule has 0 aromatic carbocycles. The van der Waals surface area contributed by atoms with Crippen LogP contribution in [0.3, 0.4) is 0 Å². The highest BCUT2D eigenvalue weighted by molar-refractivity contribution is 5.88. The Hall–Kier alpha value is -1.66. The van der Waals surface area contributed by atoms with Gasteiger partial charge in [0.15, 0.2) is 0 Å². The van der Waals surface area contributed by atoms with Crippen LogP contribution in [0.5, 0.6) is 5.88 Å². The molecule has 1 aromatic heterocycles. The van der Waals surface area contributed by atoms with Gasteiger partial charge in [0.1, 0.15) is 6.61 Å². The minimum absolute atomic E-state index is 0.188. The fourth-order valence-corrected chi connectivity index (χ4v) is 1.55. The minimum Gasteiger partial charge on any atom is -0.478 e. The lowest BCUT2D eigenvalue weighted by molar-refractivity contribution is 0.0694. The highest BCUT2D eigenvalue weighted by Gasteiger charge is 2.08. The molecular weight excluding hydrogens is 262 g/mol. The Labute approximate surface area is 118 Å². The second-order valence-electron chi connectivity index (χ2n) is 4.15. The van der Waals surface area contributed by atoms with Gasteiger partial charge in [-0.3, -0.25) is 0 Å². The van der Waals surface area contributed by atoms with E-state index in [1.165, 1.54) is 6.07 Å². The number of aromatic carboxylic acids is 1. The number of ether oxygens (including phenoxy) is 3. The van der Waals surface area contributed by atoms with E-state index in [2.05, 4.69) is 4.98 Å². The summed E-state index contributed by atoms with van der Waals surface area (Å²) >= 11 is 0. The number of aryl methyl sites for hydroxylation is 1. The summed E-state index contributed by atoms with van der Waals surface area (Å²) in [4.78, 5) is 15.2. The molecule has 112 valence electrons. The van der Waals surface area contributed by atoms with Crippen LogP contribution in [-0.4, -0.2) is 49.6 Å². The van der Waals surface area contributed by atoms with Crippen molar-refractivity contribution in [3.63, 3.8) is 0 Å².